The fraction of sp³-hybridized carbons (Fsp3) is 0.600. The van der Waals surface area contributed by atoms with Crippen LogP contribution in [-0.4, -0.2) is 73.3 Å². The molecule has 0 spiro atoms. The molecule has 8 nitrogen and oxygen atoms in total. The predicted molar refractivity (Wildman–Crippen MR) is 213 cm³/mol. The van der Waals surface area contributed by atoms with Crippen molar-refractivity contribution in [3.63, 3.8) is 0 Å². The van der Waals surface area contributed by atoms with Gasteiger partial charge < -0.3 is 37.2 Å². The van der Waals surface area contributed by atoms with Gasteiger partial charge in [0.25, 0.3) is 0 Å². The third-order valence-corrected chi connectivity index (χ3v) is 14.1. The maximum atomic E-state index is 6.76. The van der Waals surface area contributed by atoms with Crippen LogP contribution in [0.3, 0.4) is 0 Å². The van der Waals surface area contributed by atoms with Crippen molar-refractivity contribution in [1.82, 2.24) is 0 Å². The van der Waals surface area contributed by atoms with Crippen molar-refractivity contribution in [2.24, 2.45) is 0 Å². The molecule has 12 heteroatoms. The van der Waals surface area contributed by atoms with Crippen LogP contribution in [0.2, 0.25) is 0 Å². The first kappa shape index (κ1) is 36.8. The fourth-order valence-electron chi connectivity index (χ4n) is 7.76. The summed E-state index contributed by atoms with van der Waals surface area (Å²) in [6.45, 7) is 33.4. The number of benzene rings is 4. The fourth-order valence-corrected chi connectivity index (χ4v) is 7.76. The van der Waals surface area contributed by atoms with Crippen LogP contribution in [0.4, 0.5) is 0 Å². The van der Waals surface area contributed by atoms with Gasteiger partial charge in [-0.05, 0) is 165 Å². The summed E-state index contributed by atoms with van der Waals surface area (Å²) in [5, 5.41) is 6.30. The average Bonchev–Trinajstić information content (AvgIpc) is 3.55. The normalized spacial score (nSPS) is 26.5. The topological polar surface area (TPSA) is 73.8 Å². The van der Waals surface area contributed by atoms with Crippen molar-refractivity contribution >= 4 is 82.6 Å². The molecule has 0 radical (unpaired) electrons. The van der Waals surface area contributed by atoms with Crippen LogP contribution in [0.15, 0.2) is 36.4 Å². The van der Waals surface area contributed by atoms with E-state index in [0.29, 0.717) is 0 Å². The molecule has 52 heavy (non-hydrogen) atoms. The van der Waals surface area contributed by atoms with E-state index in [1.54, 1.807) is 0 Å². The highest BCUT2D eigenvalue weighted by atomic mass is 16.7. The summed E-state index contributed by atoms with van der Waals surface area (Å²) >= 11 is 0. The lowest BCUT2D eigenvalue weighted by atomic mass is 9.64. The molecule has 0 bridgehead atoms. The third kappa shape index (κ3) is 5.08. The van der Waals surface area contributed by atoms with Crippen LogP contribution in [0.1, 0.15) is 111 Å². The molecule has 4 fully saturated rings. The molecular weight excluding hydrogens is 652 g/mol. The minimum atomic E-state index is -0.610. The zero-order valence-electron chi connectivity index (χ0n) is 34.0. The van der Waals surface area contributed by atoms with Crippen LogP contribution in [0.25, 0.3) is 32.3 Å². The molecule has 0 atom stereocenters. The van der Waals surface area contributed by atoms with E-state index in [1.165, 1.54) is 0 Å². The minimum Gasteiger partial charge on any atom is -0.399 e. The number of hydrogen-bond acceptors (Lipinski definition) is 8. The lowest BCUT2D eigenvalue weighted by Gasteiger charge is -2.32. The Morgan fingerprint density at radius 3 is 0.596 bits per heavy atom. The summed E-state index contributed by atoms with van der Waals surface area (Å²) in [6.07, 6.45) is 0. The van der Waals surface area contributed by atoms with E-state index < -0.39 is 73.3 Å². The second-order valence-corrected chi connectivity index (χ2v) is 19.5. The maximum Gasteiger partial charge on any atom is 0.495 e. The largest absolute Gasteiger partial charge is 0.495 e. The Morgan fingerprint density at radius 1 is 0.288 bits per heavy atom. The van der Waals surface area contributed by atoms with Crippen LogP contribution >= 0.6 is 0 Å². The van der Waals surface area contributed by atoms with E-state index in [-0.39, 0.29) is 0 Å². The van der Waals surface area contributed by atoms with Gasteiger partial charge >= 0.3 is 28.5 Å². The van der Waals surface area contributed by atoms with Gasteiger partial charge in [0.05, 0.1) is 44.8 Å². The second kappa shape index (κ2) is 10.8. The monoisotopic (exact) mass is 706 g/mol. The van der Waals surface area contributed by atoms with Crippen molar-refractivity contribution in [3.05, 3.63) is 36.4 Å². The molecule has 0 N–H and O–H groups in total. The van der Waals surface area contributed by atoms with Crippen LogP contribution in [-0.2, 0) is 37.2 Å². The summed E-state index contributed by atoms with van der Waals surface area (Å²) in [4.78, 5) is 0. The highest BCUT2D eigenvalue weighted by Gasteiger charge is 2.57. The maximum absolute atomic E-state index is 6.76. The molecule has 0 aromatic heterocycles. The first-order valence-electron chi connectivity index (χ1n) is 18.9. The van der Waals surface area contributed by atoms with E-state index in [4.69, 9.17) is 37.2 Å². The summed E-state index contributed by atoms with van der Waals surface area (Å²) < 4.78 is 54.1. The Morgan fingerprint density at radius 2 is 0.442 bits per heavy atom. The molecule has 4 aliphatic heterocycles. The molecular formula is C40H54B4O8. The lowest BCUT2D eigenvalue weighted by molar-refractivity contribution is 0.00578. The van der Waals surface area contributed by atoms with Crippen LogP contribution in [0.5, 0.6) is 0 Å². The molecule has 0 amide bonds. The third-order valence-electron chi connectivity index (χ3n) is 14.1. The SMILES string of the molecule is CC1(C)OB(c2cc(B3OC(C)(C)C(C)(C)O3)c3ccc4c(B5OC(C)(C)C(C)(C)O5)cc(B5OC(C)(C)C(C)(C)O5)c5ccc2c3c54)OC1(C)C. The first-order valence-corrected chi connectivity index (χ1v) is 18.9. The lowest BCUT2D eigenvalue weighted by Crippen LogP contribution is -2.43. The average molecular weight is 706 g/mol. The molecule has 0 unspecified atom stereocenters. The molecule has 0 aliphatic carbocycles. The van der Waals surface area contributed by atoms with Gasteiger partial charge in [-0.15, -0.1) is 0 Å². The molecule has 4 saturated heterocycles. The molecule has 4 aromatic rings. The highest BCUT2D eigenvalue weighted by molar-refractivity contribution is 6.73. The van der Waals surface area contributed by atoms with E-state index >= 15 is 0 Å². The van der Waals surface area contributed by atoms with Gasteiger partial charge in [-0.1, -0.05) is 36.4 Å². The van der Waals surface area contributed by atoms with E-state index in [2.05, 4.69) is 147 Å². The predicted octanol–water partition coefficient (Wildman–Crippen LogP) is 5.78. The summed E-state index contributed by atoms with van der Waals surface area (Å²) in [6, 6.07) is 13.1. The Hall–Kier alpha value is -2.14. The Bertz CT molecular complexity index is 1770. The Balaban J connectivity index is 1.45. The van der Waals surface area contributed by atoms with Crippen LogP contribution < -0.4 is 21.9 Å². The summed E-state index contributed by atoms with van der Waals surface area (Å²) in [5.74, 6) is 0. The van der Waals surface area contributed by atoms with Gasteiger partial charge in [0, 0.05) is 0 Å². The van der Waals surface area contributed by atoms with Crippen molar-refractivity contribution in [3.8, 4) is 0 Å². The van der Waals surface area contributed by atoms with Gasteiger partial charge in [-0.25, -0.2) is 0 Å². The molecule has 4 aliphatic rings. The quantitative estimate of drug-likeness (QED) is 0.196. The van der Waals surface area contributed by atoms with Gasteiger partial charge in [0.1, 0.15) is 0 Å². The van der Waals surface area contributed by atoms with Gasteiger partial charge in [-0.3, -0.25) is 0 Å². The van der Waals surface area contributed by atoms with Gasteiger partial charge in [0.2, 0.25) is 0 Å². The van der Waals surface area contributed by atoms with Crippen molar-refractivity contribution < 1.29 is 37.2 Å². The second-order valence-electron chi connectivity index (χ2n) is 19.5. The van der Waals surface area contributed by atoms with E-state index in [0.717, 1.165) is 54.2 Å². The standard InChI is InChI=1S/C40H54B4O8/c1-33(2)34(3,4)46-41(45-33)27-21-28(42-47-35(5,6)36(7,8)48-42)24-19-20-26-30(44-51-39(13,14)40(15,16)52-44)22-29(25-18-17-23(27)31(24)32(25)26)43-49-37(9,10)38(11,12)50-43/h17-22H,1-16H3. The van der Waals surface area contributed by atoms with Crippen LogP contribution in [0, 0.1) is 0 Å². The molecule has 4 heterocycles. The van der Waals surface area contributed by atoms with Crippen molar-refractivity contribution in [1.29, 1.82) is 0 Å². The first-order chi connectivity index (χ1) is 23.7. The van der Waals surface area contributed by atoms with Crippen molar-refractivity contribution in [2.45, 2.75) is 156 Å². The van der Waals surface area contributed by atoms with Crippen molar-refractivity contribution in [2.75, 3.05) is 0 Å². The van der Waals surface area contributed by atoms with E-state index in [9.17, 15) is 0 Å². The zero-order chi connectivity index (χ0) is 38.0. The zero-order valence-corrected chi connectivity index (χ0v) is 34.0. The molecule has 4 aromatic carbocycles. The van der Waals surface area contributed by atoms with Gasteiger partial charge in [-0.2, -0.15) is 0 Å². The Labute approximate surface area is 311 Å². The van der Waals surface area contributed by atoms with Gasteiger partial charge in [0.15, 0.2) is 0 Å². The number of hydrogen-bond donors (Lipinski definition) is 0. The number of rotatable bonds is 4. The highest BCUT2D eigenvalue weighted by Crippen LogP contribution is 2.43. The minimum absolute atomic E-state index is 0.528. The Kier molecular flexibility index (Phi) is 7.64. The summed E-state index contributed by atoms with van der Waals surface area (Å²) in [5.41, 5.74) is -0.487. The molecule has 274 valence electrons. The smallest absolute Gasteiger partial charge is 0.399 e. The van der Waals surface area contributed by atoms with E-state index in [1.807, 2.05) is 0 Å². The molecule has 8 rings (SSSR count). The summed E-state index contributed by atoms with van der Waals surface area (Å²) in [7, 11) is -2.44. The molecule has 0 saturated carbocycles.